The molecule has 0 unspecified atom stereocenters. The summed E-state index contributed by atoms with van der Waals surface area (Å²) in [7, 11) is 2.16. The van der Waals surface area contributed by atoms with Gasteiger partial charge in [-0.2, -0.15) is 0 Å². The van der Waals surface area contributed by atoms with Crippen molar-refractivity contribution < 1.29 is 0 Å². The molecule has 3 nitrogen and oxygen atoms in total. The van der Waals surface area contributed by atoms with Crippen LogP contribution in [0.2, 0.25) is 0 Å². The number of benzene rings is 1. The fraction of sp³-hybridized carbons (Fsp3) is 0.533. The molecule has 0 N–H and O–H groups in total. The van der Waals surface area contributed by atoms with Gasteiger partial charge in [-0.1, -0.05) is 0 Å². The fourth-order valence-corrected chi connectivity index (χ4v) is 2.84. The Balaban J connectivity index is 2.31. The van der Waals surface area contributed by atoms with Gasteiger partial charge >= 0.3 is 0 Å². The van der Waals surface area contributed by atoms with Gasteiger partial charge in [-0.05, 0) is 61.7 Å². The molecular weight excluding hydrogens is 385 g/mol. The molecule has 1 heterocycles. The lowest BCUT2D eigenvalue weighted by molar-refractivity contribution is 0.263. The first kappa shape index (κ1) is 16.0. The van der Waals surface area contributed by atoms with Crippen molar-refractivity contribution in [1.29, 1.82) is 0 Å². The first-order valence-electron chi connectivity index (χ1n) is 6.93. The van der Waals surface area contributed by atoms with Gasteiger partial charge in [0.15, 0.2) is 0 Å². The van der Waals surface area contributed by atoms with Gasteiger partial charge in [-0.15, -0.1) is 11.6 Å². The van der Waals surface area contributed by atoms with Gasteiger partial charge in [-0.25, -0.2) is 4.98 Å². The van der Waals surface area contributed by atoms with Crippen molar-refractivity contribution in [1.82, 2.24) is 14.5 Å². The average Bonchev–Trinajstić information content (AvgIpc) is 2.72. The van der Waals surface area contributed by atoms with E-state index in [4.69, 9.17) is 16.6 Å². The summed E-state index contributed by atoms with van der Waals surface area (Å²) in [6.45, 7) is 6.41. The molecule has 5 heteroatoms. The van der Waals surface area contributed by atoms with Gasteiger partial charge in [0, 0.05) is 35.0 Å². The highest BCUT2D eigenvalue weighted by Gasteiger charge is 2.12. The van der Waals surface area contributed by atoms with Crippen LogP contribution in [0.1, 0.15) is 19.7 Å². The molecule has 1 aromatic heterocycles. The smallest absolute Gasteiger partial charge is 0.111 e. The maximum atomic E-state index is 5.91. The summed E-state index contributed by atoms with van der Waals surface area (Å²) >= 11 is 8.24. The fourth-order valence-electron chi connectivity index (χ4n) is 2.19. The Morgan fingerprint density at radius 2 is 2.15 bits per heavy atom. The summed E-state index contributed by atoms with van der Waals surface area (Å²) in [6.07, 6.45) is 0.818. The van der Waals surface area contributed by atoms with Crippen LogP contribution in [0.5, 0.6) is 0 Å². The Bertz CT molecular complexity index is 580. The van der Waals surface area contributed by atoms with Gasteiger partial charge in [0.05, 0.1) is 11.0 Å². The number of halogens is 2. The molecule has 0 aliphatic heterocycles. The molecule has 0 atom stereocenters. The molecule has 110 valence electrons. The third-order valence-corrected chi connectivity index (χ3v) is 4.53. The largest absolute Gasteiger partial charge is 0.327 e. The molecule has 0 amide bonds. The van der Waals surface area contributed by atoms with Crippen LogP contribution >= 0.6 is 34.2 Å². The highest BCUT2D eigenvalue weighted by atomic mass is 127. The molecule has 0 bridgehead atoms. The zero-order chi connectivity index (χ0) is 14.7. The quantitative estimate of drug-likeness (QED) is 0.539. The summed E-state index contributed by atoms with van der Waals surface area (Å²) in [5.41, 5.74) is 2.28. The van der Waals surface area contributed by atoms with Crippen molar-refractivity contribution in [2.45, 2.75) is 32.9 Å². The highest BCUT2D eigenvalue weighted by Crippen LogP contribution is 2.20. The Morgan fingerprint density at radius 1 is 1.40 bits per heavy atom. The van der Waals surface area contributed by atoms with Crippen LogP contribution in [-0.2, 0) is 13.0 Å². The van der Waals surface area contributed by atoms with Gasteiger partial charge in [0.1, 0.15) is 5.82 Å². The number of aryl methyl sites for hydroxylation is 1. The van der Waals surface area contributed by atoms with Gasteiger partial charge < -0.3 is 9.47 Å². The third-order valence-electron chi connectivity index (χ3n) is 3.67. The van der Waals surface area contributed by atoms with Crippen LogP contribution in [0, 0.1) is 3.57 Å². The predicted octanol–water partition coefficient (Wildman–Crippen LogP) is 3.76. The third kappa shape index (κ3) is 3.65. The van der Waals surface area contributed by atoms with Crippen molar-refractivity contribution in [3.63, 3.8) is 0 Å². The average molecular weight is 406 g/mol. The maximum absolute atomic E-state index is 5.91. The molecular formula is C15H21ClIN3. The SMILES string of the molecule is CC(C)N(C)CCn1c(CCCl)nc2cc(I)ccc21. The molecule has 0 aliphatic rings. The standard InChI is InChI=1S/C15H21ClIN3/c1-11(2)19(3)8-9-20-14-5-4-12(17)10-13(14)18-15(20)6-7-16/h4-5,10-11H,6-9H2,1-3H3. The second kappa shape index (κ2) is 7.09. The summed E-state index contributed by atoms with van der Waals surface area (Å²) in [5, 5.41) is 0. The summed E-state index contributed by atoms with van der Waals surface area (Å²) in [4.78, 5) is 7.09. The summed E-state index contributed by atoms with van der Waals surface area (Å²) < 4.78 is 3.53. The number of imidazole rings is 1. The van der Waals surface area contributed by atoms with Crippen molar-refractivity contribution in [2.75, 3.05) is 19.5 Å². The van der Waals surface area contributed by atoms with E-state index in [-0.39, 0.29) is 0 Å². The van der Waals surface area contributed by atoms with Crippen LogP contribution in [0.25, 0.3) is 11.0 Å². The zero-order valence-electron chi connectivity index (χ0n) is 12.2. The summed E-state index contributed by atoms with van der Waals surface area (Å²) in [6, 6.07) is 6.99. The van der Waals surface area contributed by atoms with Crippen LogP contribution in [0.3, 0.4) is 0 Å². The molecule has 0 spiro atoms. The monoisotopic (exact) mass is 405 g/mol. The molecule has 0 radical (unpaired) electrons. The minimum absolute atomic E-state index is 0.558. The van der Waals surface area contributed by atoms with Crippen molar-refractivity contribution in [3.8, 4) is 0 Å². The number of hydrogen-bond acceptors (Lipinski definition) is 2. The summed E-state index contributed by atoms with van der Waals surface area (Å²) in [5.74, 6) is 1.70. The maximum Gasteiger partial charge on any atom is 0.111 e. The van der Waals surface area contributed by atoms with E-state index in [1.54, 1.807) is 0 Å². The number of alkyl halides is 1. The molecule has 0 fully saturated rings. The van der Waals surface area contributed by atoms with E-state index in [0.29, 0.717) is 11.9 Å². The van der Waals surface area contributed by atoms with E-state index in [1.807, 2.05) is 0 Å². The number of nitrogens with zero attached hydrogens (tertiary/aromatic N) is 3. The highest BCUT2D eigenvalue weighted by molar-refractivity contribution is 14.1. The molecule has 2 aromatic rings. The second-order valence-electron chi connectivity index (χ2n) is 5.33. The van der Waals surface area contributed by atoms with E-state index in [9.17, 15) is 0 Å². The van der Waals surface area contributed by atoms with Crippen molar-refractivity contribution in [2.24, 2.45) is 0 Å². The minimum Gasteiger partial charge on any atom is -0.327 e. The molecule has 20 heavy (non-hydrogen) atoms. The van der Waals surface area contributed by atoms with Crippen LogP contribution in [0.4, 0.5) is 0 Å². The van der Waals surface area contributed by atoms with Gasteiger partial charge in [0.2, 0.25) is 0 Å². The van der Waals surface area contributed by atoms with Crippen LogP contribution in [0.15, 0.2) is 18.2 Å². The van der Waals surface area contributed by atoms with Crippen molar-refractivity contribution >= 4 is 45.2 Å². The Labute approximate surface area is 139 Å². The lowest BCUT2D eigenvalue weighted by Crippen LogP contribution is -2.30. The zero-order valence-corrected chi connectivity index (χ0v) is 15.1. The number of rotatable bonds is 6. The Hall–Kier alpha value is -0.330. The second-order valence-corrected chi connectivity index (χ2v) is 6.95. The molecule has 1 aromatic carbocycles. The van der Waals surface area contributed by atoms with E-state index in [1.165, 1.54) is 9.09 Å². The topological polar surface area (TPSA) is 21.1 Å². The number of fused-ring (bicyclic) bond motifs is 1. The lowest BCUT2D eigenvalue weighted by atomic mass is 10.3. The van der Waals surface area contributed by atoms with Crippen LogP contribution in [-0.4, -0.2) is 40.0 Å². The van der Waals surface area contributed by atoms with Gasteiger partial charge in [0.25, 0.3) is 0 Å². The van der Waals surface area contributed by atoms with E-state index < -0.39 is 0 Å². The lowest BCUT2D eigenvalue weighted by Gasteiger charge is -2.21. The first-order chi connectivity index (χ1) is 9.52. The first-order valence-corrected chi connectivity index (χ1v) is 8.55. The Morgan fingerprint density at radius 3 is 2.80 bits per heavy atom. The normalized spacial score (nSPS) is 11.9. The van der Waals surface area contributed by atoms with Gasteiger partial charge in [-0.3, -0.25) is 0 Å². The van der Waals surface area contributed by atoms with E-state index in [2.05, 4.69) is 71.2 Å². The molecule has 2 rings (SSSR count). The molecule has 0 aliphatic carbocycles. The number of hydrogen-bond donors (Lipinski definition) is 0. The number of aromatic nitrogens is 2. The Kier molecular flexibility index (Phi) is 5.69. The van der Waals surface area contributed by atoms with Crippen molar-refractivity contribution in [3.05, 3.63) is 27.6 Å². The number of likely N-dealkylation sites (N-methyl/N-ethyl adjacent to an activating group) is 1. The van der Waals surface area contributed by atoms with E-state index >= 15 is 0 Å². The van der Waals surface area contributed by atoms with E-state index in [0.717, 1.165) is 30.9 Å². The molecule has 0 saturated heterocycles. The van der Waals surface area contributed by atoms with Crippen LogP contribution < -0.4 is 0 Å². The molecule has 0 saturated carbocycles. The predicted molar refractivity (Wildman–Crippen MR) is 94.6 cm³/mol. The minimum atomic E-state index is 0.558.